The van der Waals surface area contributed by atoms with Crippen LogP contribution in [0.15, 0.2) is 48.7 Å². The van der Waals surface area contributed by atoms with Crippen LogP contribution in [-0.2, 0) is 9.59 Å². The lowest BCUT2D eigenvalue weighted by atomic mass is 10.1. The molecule has 1 atom stereocenters. The normalized spacial score (nSPS) is 14.9. The smallest absolute Gasteiger partial charge is 0.269 e. The van der Waals surface area contributed by atoms with Gasteiger partial charge in [-0.3, -0.25) is 19.7 Å². The number of hydrogen-bond acceptors (Lipinski definition) is 5. The number of anilines is 2. The first kappa shape index (κ1) is 19.6. The molecule has 0 aliphatic carbocycles. The Kier molecular flexibility index (Phi) is 4.96. The van der Waals surface area contributed by atoms with E-state index in [0.29, 0.717) is 22.1 Å². The Morgan fingerprint density at radius 1 is 1.30 bits per heavy atom. The summed E-state index contributed by atoms with van der Waals surface area (Å²) >= 11 is 5.93. The summed E-state index contributed by atoms with van der Waals surface area (Å²) in [5.41, 5.74) is 2.52. The van der Waals surface area contributed by atoms with Crippen molar-refractivity contribution in [2.75, 3.05) is 10.6 Å². The molecule has 1 aliphatic rings. The molecule has 9 nitrogen and oxygen atoms in total. The third-order valence-electron chi connectivity index (χ3n) is 4.86. The maximum absolute atomic E-state index is 12.5. The highest BCUT2D eigenvalue weighted by Crippen LogP contribution is 2.36. The second kappa shape index (κ2) is 7.60. The summed E-state index contributed by atoms with van der Waals surface area (Å²) in [4.78, 5) is 35.3. The van der Waals surface area contributed by atoms with E-state index in [1.165, 1.54) is 22.9 Å². The monoisotopic (exact) mass is 425 g/mol. The first-order chi connectivity index (χ1) is 14.3. The predicted molar refractivity (Wildman–Crippen MR) is 111 cm³/mol. The molecule has 0 spiro atoms. The van der Waals surface area contributed by atoms with Crippen LogP contribution >= 0.6 is 11.6 Å². The van der Waals surface area contributed by atoms with Crippen LogP contribution in [0.1, 0.15) is 18.0 Å². The van der Waals surface area contributed by atoms with Gasteiger partial charge in [-0.15, -0.1) is 0 Å². The first-order valence-electron chi connectivity index (χ1n) is 9.02. The molecular weight excluding hydrogens is 410 g/mol. The molecule has 1 aliphatic heterocycles. The Hall–Kier alpha value is -3.72. The molecule has 30 heavy (non-hydrogen) atoms. The van der Waals surface area contributed by atoms with E-state index in [2.05, 4.69) is 15.7 Å². The largest absolute Gasteiger partial charge is 0.326 e. The number of carbonyl (C=O) groups is 2. The molecule has 1 unspecified atom stereocenters. The molecule has 0 radical (unpaired) electrons. The lowest BCUT2D eigenvalue weighted by Gasteiger charge is -2.11. The topological polar surface area (TPSA) is 119 Å². The first-order valence-corrected chi connectivity index (χ1v) is 9.40. The van der Waals surface area contributed by atoms with Gasteiger partial charge in [0, 0.05) is 28.4 Å². The summed E-state index contributed by atoms with van der Waals surface area (Å²) in [6.07, 6.45) is 1.50. The van der Waals surface area contributed by atoms with Gasteiger partial charge in [0.2, 0.25) is 5.91 Å². The van der Waals surface area contributed by atoms with E-state index >= 15 is 0 Å². The summed E-state index contributed by atoms with van der Waals surface area (Å²) in [7, 11) is 0. The zero-order valence-electron chi connectivity index (χ0n) is 15.8. The van der Waals surface area contributed by atoms with Gasteiger partial charge in [-0.2, -0.15) is 5.10 Å². The molecule has 2 N–H and O–H groups in total. The lowest BCUT2D eigenvalue weighted by molar-refractivity contribution is -0.384. The number of non-ortho nitro benzene ring substituents is 1. The Morgan fingerprint density at radius 3 is 2.70 bits per heavy atom. The van der Waals surface area contributed by atoms with Crippen LogP contribution in [-0.4, -0.2) is 26.5 Å². The number of hydrogen-bond donors (Lipinski definition) is 2. The average molecular weight is 426 g/mol. The second-order valence-corrected chi connectivity index (χ2v) is 7.31. The maximum Gasteiger partial charge on any atom is 0.269 e. The number of carbonyl (C=O) groups excluding carboxylic acids is 2. The fourth-order valence-corrected chi connectivity index (χ4v) is 3.46. The fraction of sp³-hybridized carbons (Fsp3) is 0.150. The number of aryl methyl sites for hydroxylation is 1. The Bertz CT molecular complexity index is 1170. The number of nitro groups is 1. The van der Waals surface area contributed by atoms with E-state index in [-0.39, 0.29) is 18.0 Å². The minimum absolute atomic E-state index is 0.0587. The van der Waals surface area contributed by atoms with Gasteiger partial charge < -0.3 is 10.6 Å². The molecule has 2 aromatic carbocycles. The van der Waals surface area contributed by atoms with Crippen molar-refractivity contribution in [3.8, 4) is 11.1 Å². The maximum atomic E-state index is 12.5. The van der Waals surface area contributed by atoms with E-state index in [4.69, 9.17) is 11.6 Å². The summed E-state index contributed by atoms with van der Waals surface area (Å²) in [6, 6.07) is 10.5. The standard InChI is InChI=1S/C20H16ClN5O4/c1-11-8-14(26(29)30)6-7-16(11)23-18(27)9-17-20(28)24-19-15(10-22-25(17)19)12-2-4-13(21)5-3-12/h2-8,10,17H,9H2,1H3,(H,23,27)(H,24,28). The highest BCUT2D eigenvalue weighted by Gasteiger charge is 2.35. The van der Waals surface area contributed by atoms with Crippen molar-refractivity contribution < 1.29 is 14.5 Å². The summed E-state index contributed by atoms with van der Waals surface area (Å²) in [5, 5.41) is 21.2. The van der Waals surface area contributed by atoms with Crippen LogP contribution in [0.3, 0.4) is 0 Å². The lowest BCUT2D eigenvalue weighted by Crippen LogP contribution is -2.23. The van der Waals surface area contributed by atoms with E-state index in [0.717, 1.165) is 11.1 Å². The number of nitrogens with zero attached hydrogens (tertiary/aromatic N) is 3. The van der Waals surface area contributed by atoms with Crippen LogP contribution in [0, 0.1) is 17.0 Å². The molecule has 0 fully saturated rings. The van der Waals surface area contributed by atoms with Crippen molar-refractivity contribution >= 4 is 40.6 Å². The van der Waals surface area contributed by atoms with Crippen molar-refractivity contribution in [1.82, 2.24) is 9.78 Å². The third-order valence-corrected chi connectivity index (χ3v) is 5.12. The number of nitrogens with one attached hydrogen (secondary N) is 2. The number of aromatic nitrogens is 2. The van der Waals surface area contributed by atoms with Crippen molar-refractivity contribution in [2.24, 2.45) is 0 Å². The Morgan fingerprint density at radius 2 is 2.03 bits per heavy atom. The molecule has 1 aromatic heterocycles. The van der Waals surface area contributed by atoms with Crippen LogP contribution in [0.2, 0.25) is 5.02 Å². The van der Waals surface area contributed by atoms with Gasteiger partial charge >= 0.3 is 0 Å². The Labute approximate surface area is 175 Å². The van der Waals surface area contributed by atoms with Gasteiger partial charge in [0.05, 0.1) is 17.5 Å². The van der Waals surface area contributed by atoms with E-state index in [1.807, 2.05) is 12.1 Å². The number of benzene rings is 2. The molecule has 0 saturated carbocycles. The van der Waals surface area contributed by atoms with Gasteiger partial charge in [0.1, 0.15) is 11.9 Å². The second-order valence-electron chi connectivity index (χ2n) is 6.87. The predicted octanol–water partition coefficient (Wildman–Crippen LogP) is 3.94. The molecule has 3 aromatic rings. The molecule has 2 heterocycles. The molecule has 2 amide bonds. The van der Waals surface area contributed by atoms with Crippen molar-refractivity contribution in [1.29, 1.82) is 0 Å². The van der Waals surface area contributed by atoms with Gasteiger partial charge in [0.25, 0.3) is 11.6 Å². The summed E-state index contributed by atoms with van der Waals surface area (Å²) in [5.74, 6) is -0.209. The van der Waals surface area contributed by atoms with Gasteiger partial charge in [-0.1, -0.05) is 23.7 Å². The molecule has 152 valence electrons. The zero-order chi connectivity index (χ0) is 21.4. The number of halogens is 1. The molecular formula is C20H16ClN5O4. The molecule has 10 heteroatoms. The zero-order valence-corrected chi connectivity index (χ0v) is 16.5. The quantitative estimate of drug-likeness (QED) is 0.474. The minimum atomic E-state index is -0.792. The van der Waals surface area contributed by atoms with Crippen LogP contribution in [0.25, 0.3) is 11.1 Å². The van der Waals surface area contributed by atoms with Gasteiger partial charge in [-0.05, 0) is 36.2 Å². The highest BCUT2D eigenvalue weighted by molar-refractivity contribution is 6.30. The number of fused-ring (bicyclic) bond motifs is 1. The van der Waals surface area contributed by atoms with Crippen LogP contribution in [0.5, 0.6) is 0 Å². The number of rotatable bonds is 5. The van der Waals surface area contributed by atoms with Gasteiger partial charge in [0.15, 0.2) is 0 Å². The van der Waals surface area contributed by atoms with Crippen LogP contribution in [0.4, 0.5) is 17.2 Å². The highest BCUT2D eigenvalue weighted by atomic mass is 35.5. The molecule has 0 saturated heterocycles. The third kappa shape index (κ3) is 3.62. The van der Waals surface area contributed by atoms with Crippen molar-refractivity contribution in [3.63, 3.8) is 0 Å². The summed E-state index contributed by atoms with van der Waals surface area (Å²) in [6.45, 7) is 1.66. The van der Waals surface area contributed by atoms with E-state index < -0.39 is 16.9 Å². The van der Waals surface area contributed by atoms with Crippen molar-refractivity contribution in [3.05, 3.63) is 69.4 Å². The Balaban J connectivity index is 1.51. The fourth-order valence-electron chi connectivity index (χ4n) is 3.33. The number of nitro benzene ring substituents is 1. The van der Waals surface area contributed by atoms with Gasteiger partial charge in [-0.25, -0.2) is 4.68 Å². The molecule has 0 bridgehead atoms. The van der Waals surface area contributed by atoms with E-state index in [1.54, 1.807) is 25.3 Å². The molecule has 4 rings (SSSR count). The van der Waals surface area contributed by atoms with E-state index in [9.17, 15) is 19.7 Å². The minimum Gasteiger partial charge on any atom is -0.326 e. The average Bonchev–Trinajstić information content (AvgIpc) is 3.23. The number of amides is 2. The van der Waals surface area contributed by atoms with Crippen LogP contribution < -0.4 is 10.6 Å². The summed E-state index contributed by atoms with van der Waals surface area (Å²) < 4.78 is 1.49. The SMILES string of the molecule is Cc1cc([N+](=O)[O-])ccc1NC(=O)CC1C(=O)Nc2c(-c3ccc(Cl)cc3)cnn21. The van der Waals surface area contributed by atoms with Crippen molar-refractivity contribution in [2.45, 2.75) is 19.4 Å².